The van der Waals surface area contributed by atoms with Crippen LogP contribution < -0.4 is 0 Å². The van der Waals surface area contributed by atoms with Crippen LogP contribution >= 0.6 is 0 Å². The first-order valence-electron chi connectivity index (χ1n) is 9.41. The SMILES string of the molecule is O=C(OC(C(=O)N1CCCC1)c1ccccc1)c1occc1-c1ccccc1. The normalized spacial score (nSPS) is 14.6. The van der Waals surface area contributed by atoms with Crippen LogP contribution in [0, 0.1) is 0 Å². The maximum atomic E-state index is 13.0. The summed E-state index contributed by atoms with van der Waals surface area (Å²) in [6.45, 7) is 1.38. The van der Waals surface area contributed by atoms with E-state index in [1.54, 1.807) is 23.1 Å². The standard InChI is InChI=1S/C23H21NO4/c25-22(24-14-7-8-15-24)20(18-11-5-2-6-12-18)28-23(26)21-19(13-16-27-21)17-9-3-1-4-10-17/h1-6,9-13,16,20H,7-8,14-15H2. The number of esters is 1. The van der Waals surface area contributed by atoms with Crippen molar-refractivity contribution in [2.24, 2.45) is 0 Å². The number of hydrogen-bond acceptors (Lipinski definition) is 4. The molecule has 1 aliphatic heterocycles. The van der Waals surface area contributed by atoms with Crippen LogP contribution in [0.3, 0.4) is 0 Å². The van der Waals surface area contributed by atoms with Gasteiger partial charge in [-0.3, -0.25) is 4.79 Å². The maximum Gasteiger partial charge on any atom is 0.376 e. The van der Waals surface area contributed by atoms with Crippen LogP contribution in [0.2, 0.25) is 0 Å². The zero-order valence-electron chi connectivity index (χ0n) is 15.4. The fourth-order valence-electron chi connectivity index (χ4n) is 3.47. The van der Waals surface area contributed by atoms with Gasteiger partial charge in [0.15, 0.2) is 0 Å². The molecule has 4 rings (SSSR count). The van der Waals surface area contributed by atoms with Gasteiger partial charge in [0.05, 0.1) is 6.26 Å². The molecule has 0 bridgehead atoms. The fraction of sp³-hybridized carbons (Fsp3) is 0.217. The Balaban J connectivity index is 1.62. The summed E-state index contributed by atoms with van der Waals surface area (Å²) >= 11 is 0. The molecule has 142 valence electrons. The maximum absolute atomic E-state index is 13.0. The number of carbonyl (C=O) groups is 2. The average Bonchev–Trinajstić information content (AvgIpc) is 3.45. The van der Waals surface area contributed by atoms with Crippen LogP contribution in [0.15, 0.2) is 77.4 Å². The highest BCUT2D eigenvalue weighted by molar-refractivity contribution is 5.96. The predicted octanol–water partition coefficient (Wildman–Crippen LogP) is 4.47. The summed E-state index contributed by atoms with van der Waals surface area (Å²) in [5.74, 6) is -0.739. The molecule has 28 heavy (non-hydrogen) atoms. The molecule has 0 radical (unpaired) electrons. The molecule has 0 N–H and O–H groups in total. The molecule has 1 amide bonds. The summed E-state index contributed by atoms with van der Waals surface area (Å²) in [5.41, 5.74) is 2.15. The number of likely N-dealkylation sites (tertiary alicyclic amines) is 1. The molecule has 1 saturated heterocycles. The molecule has 1 atom stereocenters. The van der Waals surface area contributed by atoms with Crippen molar-refractivity contribution in [3.63, 3.8) is 0 Å². The number of hydrogen-bond donors (Lipinski definition) is 0. The highest BCUT2D eigenvalue weighted by Gasteiger charge is 2.32. The molecule has 5 nitrogen and oxygen atoms in total. The first kappa shape index (κ1) is 18.0. The van der Waals surface area contributed by atoms with Gasteiger partial charge in [-0.2, -0.15) is 0 Å². The van der Waals surface area contributed by atoms with Gasteiger partial charge in [0, 0.05) is 24.2 Å². The van der Waals surface area contributed by atoms with Crippen molar-refractivity contribution in [3.05, 3.63) is 84.3 Å². The van der Waals surface area contributed by atoms with E-state index in [9.17, 15) is 9.59 Å². The number of benzene rings is 2. The molecule has 0 spiro atoms. The van der Waals surface area contributed by atoms with E-state index in [0.717, 1.165) is 18.4 Å². The summed E-state index contributed by atoms with van der Waals surface area (Å²) in [4.78, 5) is 27.7. The summed E-state index contributed by atoms with van der Waals surface area (Å²) in [6, 6.07) is 20.3. The highest BCUT2D eigenvalue weighted by Crippen LogP contribution is 2.29. The molecule has 1 unspecified atom stereocenters. The molecule has 1 aliphatic rings. The molecule has 0 aliphatic carbocycles. The zero-order chi connectivity index (χ0) is 19.3. The van der Waals surface area contributed by atoms with Crippen molar-refractivity contribution in [1.29, 1.82) is 0 Å². The predicted molar refractivity (Wildman–Crippen MR) is 105 cm³/mol. The van der Waals surface area contributed by atoms with Gasteiger partial charge >= 0.3 is 5.97 Å². The average molecular weight is 375 g/mol. The number of carbonyl (C=O) groups excluding carboxylic acids is 2. The molecule has 1 fully saturated rings. The van der Waals surface area contributed by atoms with Gasteiger partial charge in [-0.25, -0.2) is 4.79 Å². The third kappa shape index (κ3) is 3.69. The number of furan rings is 1. The monoisotopic (exact) mass is 375 g/mol. The van der Waals surface area contributed by atoms with E-state index in [1.165, 1.54) is 6.26 Å². The summed E-state index contributed by atoms with van der Waals surface area (Å²) in [5, 5.41) is 0. The quantitative estimate of drug-likeness (QED) is 0.618. The van der Waals surface area contributed by atoms with Crippen LogP contribution in [0.5, 0.6) is 0 Å². The van der Waals surface area contributed by atoms with Gasteiger partial charge in [0.1, 0.15) is 0 Å². The Kier molecular flexibility index (Phi) is 5.24. The minimum atomic E-state index is -0.986. The van der Waals surface area contributed by atoms with E-state index in [1.807, 2.05) is 48.5 Å². The van der Waals surface area contributed by atoms with Crippen LogP contribution in [-0.2, 0) is 9.53 Å². The van der Waals surface area contributed by atoms with Crippen molar-refractivity contribution in [2.75, 3.05) is 13.1 Å². The third-order valence-electron chi connectivity index (χ3n) is 4.90. The lowest BCUT2D eigenvalue weighted by Crippen LogP contribution is -2.34. The van der Waals surface area contributed by atoms with Gasteiger partial charge in [-0.05, 0) is 24.5 Å². The van der Waals surface area contributed by atoms with Crippen LogP contribution in [0.4, 0.5) is 0 Å². The molecule has 3 aromatic rings. The lowest BCUT2D eigenvalue weighted by molar-refractivity contribution is -0.140. The summed E-state index contributed by atoms with van der Waals surface area (Å²) in [7, 11) is 0. The van der Waals surface area contributed by atoms with Crippen molar-refractivity contribution in [1.82, 2.24) is 4.90 Å². The Morgan fingerprint density at radius 3 is 2.21 bits per heavy atom. The second-order valence-electron chi connectivity index (χ2n) is 6.76. The van der Waals surface area contributed by atoms with Gasteiger partial charge < -0.3 is 14.1 Å². The summed E-state index contributed by atoms with van der Waals surface area (Å²) < 4.78 is 11.1. The van der Waals surface area contributed by atoms with E-state index in [0.29, 0.717) is 24.2 Å². The first-order valence-corrected chi connectivity index (χ1v) is 9.41. The van der Waals surface area contributed by atoms with Crippen LogP contribution in [0.1, 0.15) is 35.1 Å². The number of ether oxygens (including phenoxy) is 1. The molecule has 2 heterocycles. The lowest BCUT2D eigenvalue weighted by Gasteiger charge is -2.23. The lowest BCUT2D eigenvalue weighted by atomic mass is 10.1. The van der Waals surface area contributed by atoms with E-state index < -0.39 is 12.1 Å². The minimum Gasteiger partial charge on any atom is -0.457 e. The number of amides is 1. The minimum absolute atomic E-state index is 0.0985. The number of nitrogens with zero attached hydrogens (tertiary/aromatic N) is 1. The Morgan fingerprint density at radius 1 is 0.893 bits per heavy atom. The first-order chi connectivity index (χ1) is 13.7. The van der Waals surface area contributed by atoms with E-state index in [4.69, 9.17) is 9.15 Å². The molecule has 1 aromatic heterocycles. The second kappa shape index (κ2) is 8.13. The van der Waals surface area contributed by atoms with E-state index >= 15 is 0 Å². The summed E-state index contributed by atoms with van der Waals surface area (Å²) in [6.07, 6.45) is 2.41. The Labute approximate surface area is 163 Å². The molecule has 2 aromatic carbocycles. The number of rotatable bonds is 5. The topological polar surface area (TPSA) is 59.8 Å². The Hall–Kier alpha value is -3.34. The van der Waals surface area contributed by atoms with Gasteiger partial charge in [-0.1, -0.05) is 60.7 Å². The van der Waals surface area contributed by atoms with Crippen molar-refractivity contribution in [2.45, 2.75) is 18.9 Å². The smallest absolute Gasteiger partial charge is 0.376 e. The second-order valence-corrected chi connectivity index (χ2v) is 6.76. The van der Waals surface area contributed by atoms with E-state index in [-0.39, 0.29) is 11.7 Å². The van der Waals surface area contributed by atoms with Crippen molar-refractivity contribution in [3.8, 4) is 11.1 Å². The van der Waals surface area contributed by atoms with E-state index in [2.05, 4.69) is 0 Å². The highest BCUT2D eigenvalue weighted by atomic mass is 16.6. The van der Waals surface area contributed by atoms with Gasteiger partial charge in [-0.15, -0.1) is 0 Å². The molecular weight excluding hydrogens is 354 g/mol. The van der Waals surface area contributed by atoms with Crippen molar-refractivity contribution < 1.29 is 18.7 Å². The fourth-order valence-corrected chi connectivity index (χ4v) is 3.47. The molecule has 0 saturated carbocycles. The molecular formula is C23H21NO4. The Bertz CT molecular complexity index is 943. The van der Waals surface area contributed by atoms with Crippen molar-refractivity contribution >= 4 is 11.9 Å². The molecule has 5 heteroatoms. The zero-order valence-corrected chi connectivity index (χ0v) is 15.4. The van der Waals surface area contributed by atoms with Crippen LogP contribution in [0.25, 0.3) is 11.1 Å². The largest absolute Gasteiger partial charge is 0.457 e. The third-order valence-corrected chi connectivity index (χ3v) is 4.90. The van der Waals surface area contributed by atoms with Gasteiger partial charge in [0.2, 0.25) is 11.9 Å². The Morgan fingerprint density at radius 2 is 1.54 bits per heavy atom. The van der Waals surface area contributed by atoms with Gasteiger partial charge in [0.25, 0.3) is 5.91 Å². The van der Waals surface area contributed by atoms with Crippen LogP contribution in [-0.4, -0.2) is 29.9 Å².